The van der Waals surface area contributed by atoms with Crippen LogP contribution >= 0.6 is 0 Å². The first-order chi connectivity index (χ1) is 13.4. The highest BCUT2D eigenvalue weighted by Gasteiger charge is 2.31. The molecular weight excluding hydrogens is 384 g/mol. The van der Waals surface area contributed by atoms with Crippen LogP contribution in [-0.2, 0) is 32.3 Å². The van der Waals surface area contributed by atoms with Crippen molar-refractivity contribution in [3.05, 3.63) is 29.5 Å². The zero-order chi connectivity index (χ0) is 19.9. The van der Waals surface area contributed by atoms with E-state index in [0.717, 1.165) is 24.2 Å². The molecule has 0 saturated heterocycles. The average molecular weight is 406 g/mol. The second-order valence-corrected chi connectivity index (χ2v) is 9.22. The Morgan fingerprint density at radius 3 is 2.86 bits per heavy atom. The lowest BCUT2D eigenvalue weighted by atomic mass is 10.2. The van der Waals surface area contributed by atoms with Crippen LogP contribution in [0.4, 0.5) is 0 Å². The van der Waals surface area contributed by atoms with E-state index in [1.165, 1.54) is 10.9 Å². The van der Waals surface area contributed by atoms with Gasteiger partial charge in [0.2, 0.25) is 5.88 Å². The molecule has 1 aliphatic heterocycles. The van der Waals surface area contributed by atoms with Gasteiger partial charge in [-0.05, 0) is 25.8 Å². The number of ether oxygens (including phenoxy) is 2. The van der Waals surface area contributed by atoms with Crippen molar-refractivity contribution in [1.29, 1.82) is 0 Å². The van der Waals surface area contributed by atoms with E-state index in [0.29, 0.717) is 18.3 Å². The second kappa shape index (κ2) is 7.25. The summed E-state index contributed by atoms with van der Waals surface area (Å²) in [7, 11) is -2.32. The number of hydrogen-bond acceptors (Lipinski definition) is 8. The van der Waals surface area contributed by atoms with E-state index in [9.17, 15) is 13.2 Å². The van der Waals surface area contributed by atoms with E-state index in [-0.39, 0.29) is 29.9 Å². The fourth-order valence-corrected chi connectivity index (χ4v) is 4.57. The third-order valence-electron chi connectivity index (χ3n) is 4.83. The SMILES string of the molecule is COC1COc2c(S(=O)(=O)CC(=O)Cc3nc(C)cc(C4CC4)n3)cnn2C1. The van der Waals surface area contributed by atoms with Gasteiger partial charge in [0.1, 0.15) is 29.2 Å². The Kier molecular flexibility index (Phi) is 4.92. The third kappa shape index (κ3) is 3.93. The molecule has 2 aliphatic rings. The minimum atomic E-state index is -3.88. The molecule has 0 spiro atoms. The number of methoxy groups -OCH3 is 1. The monoisotopic (exact) mass is 406 g/mol. The van der Waals surface area contributed by atoms with Gasteiger partial charge in [0, 0.05) is 24.4 Å². The smallest absolute Gasteiger partial charge is 0.231 e. The van der Waals surface area contributed by atoms with Gasteiger partial charge >= 0.3 is 0 Å². The first-order valence-corrected chi connectivity index (χ1v) is 10.8. The fourth-order valence-electron chi connectivity index (χ4n) is 3.25. The average Bonchev–Trinajstić information content (AvgIpc) is 3.39. The lowest BCUT2D eigenvalue weighted by Crippen LogP contribution is -2.32. The standard InChI is InChI=1S/C18H22N4O5S/c1-11-5-15(12-3-4-12)21-17(20-11)6-13(23)10-28(24,25)16-7-19-22-8-14(26-2)9-27-18(16)22/h5,7,12,14H,3-4,6,8-10H2,1-2H3. The molecule has 1 aliphatic carbocycles. The predicted octanol–water partition coefficient (Wildman–Crippen LogP) is 0.852. The lowest BCUT2D eigenvalue weighted by Gasteiger charge is -2.23. The quantitative estimate of drug-likeness (QED) is 0.665. The maximum atomic E-state index is 12.7. The number of sulfone groups is 1. The molecule has 0 radical (unpaired) electrons. The van der Waals surface area contributed by atoms with Crippen molar-refractivity contribution in [2.45, 2.75) is 49.6 Å². The summed E-state index contributed by atoms with van der Waals surface area (Å²) in [5.74, 6) is -0.134. The largest absolute Gasteiger partial charge is 0.474 e. The third-order valence-corrected chi connectivity index (χ3v) is 6.48. The van der Waals surface area contributed by atoms with Gasteiger partial charge in [-0.3, -0.25) is 4.79 Å². The Labute approximate surface area is 163 Å². The molecule has 0 amide bonds. The van der Waals surface area contributed by atoms with Crippen LogP contribution in [0.2, 0.25) is 0 Å². The number of aromatic nitrogens is 4. The fraction of sp³-hybridized carbons (Fsp3) is 0.556. The molecule has 3 heterocycles. The number of carbonyl (C=O) groups is 1. The normalized spacial score (nSPS) is 19.1. The lowest BCUT2D eigenvalue weighted by molar-refractivity contribution is -0.116. The van der Waals surface area contributed by atoms with Crippen molar-refractivity contribution in [2.24, 2.45) is 0 Å². The molecule has 10 heteroatoms. The maximum Gasteiger partial charge on any atom is 0.231 e. The number of rotatable bonds is 7. The summed E-state index contributed by atoms with van der Waals surface area (Å²) in [5.41, 5.74) is 1.72. The Morgan fingerprint density at radius 1 is 1.36 bits per heavy atom. The van der Waals surface area contributed by atoms with Gasteiger partial charge in [-0.1, -0.05) is 0 Å². The van der Waals surface area contributed by atoms with Crippen molar-refractivity contribution < 1.29 is 22.7 Å². The summed E-state index contributed by atoms with van der Waals surface area (Å²) in [6, 6.07) is 1.92. The minimum Gasteiger partial charge on any atom is -0.474 e. The van der Waals surface area contributed by atoms with Crippen LogP contribution in [0.15, 0.2) is 17.2 Å². The Hall–Kier alpha value is -2.33. The number of ketones is 1. The Morgan fingerprint density at radius 2 is 2.14 bits per heavy atom. The second-order valence-electron chi connectivity index (χ2n) is 7.26. The van der Waals surface area contributed by atoms with E-state index in [1.54, 1.807) is 7.11 Å². The molecule has 150 valence electrons. The molecule has 0 aromatic carbocycles. The molecule has 2 aromatic heterocycles. The van der Waals surface area contributed by atoms with Gasteiger partial charge in [0.05, 0.1) is 19.2 Å². The van der Waals surface area contributed by atoms with Gasteiger partial charge in [0.25, 0.3) is 0 Å². The number of Topliss-reactive ketones (excluding diaryl/α,β-unsaturated/α-hetero) is 1. The highest BCUT2D eigenvalue weighted by molar-refractivity contribution is 7.92. The van der Waals surface area contributed by atoms with Crippen LogP contribution in [0, 0.1) is 6.92 Å². The number of carbonyl (C=O) groups excluding carboxylic acids is 1. The van der Waals surface area contributed by atoms with Crippen LogP contribution < -0.4 is 4.74 Å². The number of hydrogen-bond donors (Lipinski definition) is 0. The van der Waals surface area contributed by atoms with E-state index in [2.05, 4.69) is 15.1 Å². The number of fused-ring (bicyclic) bond motifs is 1. The van der Waals surface area contributed by atoms with E-state index in [1.807, 2.05) is 13.0 Å². The van der Waals surface area contributed by atoms with E-state index >= 15 is 0 Å². The molecular formula is C18H22N4O5S. The van der Waals surface area contributed by atoms with Crippen molar-refractivity contribution in [1.82, 2.24) is 19.7 Å². The molecule has 9 nitrogen and oxygen atoms in total. The van der Waals surface area contributed by atoms with Crippen molar-refractivity contribution in [3.8, 4) is 5.88 Å². The highest BCUT2D eigenvalue weighted by Crippen LogP contribution is 2.39. The summed E-state index contributed by atoms with van der Waals surface area (Å²) >= 11 is 0. The number of aryl methyl sites for hydroxylation is 1. The molecule has 2 aromatic rings. The highest BCUT2D eigenvalue weighted by atomic mass is 32.2. The molecule has 1 fully saturated rings. The summed E-state index contributed by atoms with van der Waals surface area (Å²) in [6.07, 6.45) is 3.11. The molecule has 1 atom stereocenters. The van der Waals surface area contributed by atoms with Gasteiger partial charge in [-0.2, -0.15) is 5.10 Å². The van der Waals surface area contributed by atoms with Gasteiger partial charge < -0.3 is 9.47 Å². The summed E-state index contributed by atoms with van der Waals surface area (Å²) in [5, 5.41) is 4.06. The molecule has 4 rings (SSSR count). The molecule has 0 N–H and O–H groups in total. The molecule has 1 saturated carbocycles. The molecule has 0 bridgehead atoms. The van der Waals surface area contributed by atoms with Crippen LogP contribution in [0.1, 0.15) is 36.0 Å². The van der Waals surface area contributed by atoms with Crippen molar-refractivity contribution in [3.63, 3.8) is 0 Å². The summed E-state index contributed by atoms with van der Waals surface area (Å²) < 4.78 is 37.7. The first kappa shape index (κ1) is 19.0. The van der Waals surface area contributed by atoms with Crippen LogP contribution in [0.3, 0.4) is 0 Å². The zero-order valence-corrected chi connectivity index (χ0v) is 16.6. The van der Waals surface area contributed by atoms with Crippen LogP contribution in [0.5, 0.6) is 5.88 Å². The summed E-state index contributed by atoms with van der Waals surface area (Å²) in [4.78, 5) is 21.1. The Balaban J connectivity index is 1.48. The zero-order valence-electron chi connectivity index (χ0n) is 15.8. The maximum absolute atomic E-state index is 12.7. The van der Waals surface area contributed by atoms with Gasteiger partial charge in [-0.25, -0.2) is 23.1 Å². The van der Waals surface area contributed by atoms with E-state index in [4.69, 9.17) is 9.47 Å². The van der Waals surface area contributed by atoms with Gasteiger partial charge in [-0.15, -0.1) is 0 Å². The Bertz CT molecular complexity index is 1010. The van der Waals surface area contributed by atoms with E-state index < -0.39 is 21.4 Å². The first-order valence-electron chi connectivity index (χ1n) is 9.16. The number of nitrogens with zero attached hydrogens (tertiary/aromatic N) is 4. The van der Waals surface area contributed by atoms with Gasteiger partial charge in [0.15, 0.2) is 15.6 Å². The predicted molar refractivity (Wildman–Crippen MR) is 98.0 cm³/mol. The topological polar surface area (TPSA) is 113 Å². The minimum absolute atomic E-state index is 0.0702. The van der Waals surface area contributed by atoms with Crippen LogP contribution in [-0.4, -0.2) is 59.5 Å². The summed E-state index contributed by atoms with van der Waals surface area (Å²) in [6.45, 7) is 2.48. The van der Waals surface area contributed by atoms with Crippen LogP contribution in [0.25, 0.3) is 0 Å². The van der Waals surface area contributed by atoms with Crippen molar-refractivity contribution in [2.75, 3.05) is 19.5 Å². The van der Waals surface area contributed by atoms with Crippen molar-refractivity contribution >= 4 is 15.6 Å². The molecule has 28 heavy (non-hydrogen) atoms. The molecule has 1 unspecified atom stereocenters.